The Morgan fingerprint density at radius 3 is 2.50 bits per heavy atom. The fraction of sp³-hybridized carbons (Fsp3) is 0.588. The Morgan fingerprint density at radius 1 is 1.30 bits per heavy atom. The number of likely N-dealkylation sites (tertiary alicyclic amines) is 1. The highest BCUT2D eigenvalue weighted by Gasteiger charge is 2.41. The van der Waals surface area contributed by atoms with E-state index in [0.717, 1.165) is 32.2 Å². The largest absolute Gasteiger partial charge is 0.335 e. The first-order valence-corrected chi connectivity index (χ1v) is 7.74. The third-order valence-corrected chi connectivity index (χ3v) is 4.90. The standard InChI is InChI=1S/C17H26N2O/c1-3-17(4-2,13-18)16(20)19-12-8-11-15(19)14-9-6-5-7-10-14/h5-7,9-10,15H,3-4,8,11-13,18H2,1-2H3. The summed E-state index contributed by atoms with van der Waals surface area (Å²) in [5.41, 5.74) is 6.80. The van der Waals surface area contributed by atoms with Crippen molar-refractivity contribution in [3.8, 4) is 0 Å². The van der Waals surface area contributed by atoms with Crippen LogP contribution in [0.1, 0.15) is 51.1 Å². The Kier molecular flexibility index (Phi) is 4.81. The van der Waals surface area contributed by atoms with Gasteiger partial charge in [0.1, 0.15) is 0 Å². The van der Waals surface area contributed by atoms with Crippen molar-refractivity contribution in [3.63, 3.8) is 0 Å². The van der Waals surface area contributed by atoms with Crippen molar-refractivity contribution in [1.29, 1.82) is 0 Å². The summed E-state index contributed by atoms with van der Waals surface area (Å²) in [6.45, 7) is 5.45. The molecule has 0 bridgehead atoms. The van der Waals surface area contributed by atoms with Crippen LogP contribution in [-0.4, -0.2) is 23.9 Å². The van der Waals surface area contributed by atoms with Gasteiger partial charge in [-0.15, -0.1) is 0 Å². The summed E-state index contributed by atoms with van der Waals surface area (Å²) >= 11 is 0. The van der Waals surface area contributed by atoms with E-state index in [9.17, 15) is 4.79 Å². The van der Waals surface area contributed by atoms with Gasteiger partial charge >= 0.3 is 0 Å². The molecule has 3 heteroatoms. The third kappa shape index (κ3) is 2.59. The summed E-state index contributed by atoms with van der Waals surface area (Å²) < 4.78 is 0. The van der Waals surface area contributed by atoms with E-state index in [4.69, 9.17) is 5.73 Å². The van der Waals surface area contributed by atoms with Crippen LogP contribution in [0.2, 0.25) is 0 Å². The maximum Gasteiger partial charge on any atom is 0.230 e. The summed E-state index contributed by atoms with van der Waals surface area (Å²) in [7, 11) is 0. The first-order valence-electron chi connectivity index (χ1n) is 7.74. The van der Waals surface area contributed by atoms with Gasteiger partial charge < -0.3 is 10.6 Å². The topological polar surface area (TPSA) is 46.3 Å². The molecule has 1 aromatic rings. The van der Waals surface area contributed by atoms with E-state index in [-0.39, 0.29) is 17.4 Å². The fourth-order valence-electron chi connectivity index (χ4n) is 3.26. The van der Waals surface area contributed by atoms with Crippen molar-refractivity contribution in [2.45, 2.75) is 45.6 Å². The van der Waals surface area contributed by atoms with Crippen molar-refractivity contribution in [3.05, 3.63) is 35.9 Å². The van der Waals surface area contributed by atoms with E-state index >= 15 is 0 Å². The maximum absolute atomic E-state index is 13.0. The summed E-state index contributed by atoms with van der Waals surface area (Å²) in [4.78, 5) is 15.1. The highest BCUT2D eigenvalue weighted by molar-refractivity contribution is 5.83. The summed E-state index contributed by atoms with van der Waals surface area (Å²) in [6.07, 6.45) is 3.77. The number of benzene rings is 1. The number of rotatable bonds is 5. The van der Waals surface area contributed by atoms with Crippen LogP contribution < -0.4 is 5.73 Å². The van der Waals surface area contributed by atoms with Crippen LogP contribution in [0, 0.1) is 5.41 Å². The number of nitrogens with two attached hydrogens (primary N) is 1. The zero-order valence-electron chi connectivity index (χ0n) is 12.6. The summed E-state index contributed by atoms with van der Waals surface area (Å²) in [6, 6.07) is 10.6. The van der Waals surface area contributed by atoms with Gasteiger partial charge in [-0.05, 0) is 31.2 Å². The minimum Gasteiger partial charge on any atom is -0.335 e. The molecule has 1 heterocycles. The minimum atomic E-state index is -0.378. The molecule has 1 amide bonds. The van der Waals surface area contributed by atoms with Gasteiger partial charge in [0.25, 0.3) is 0 Å². The zero-order chi connectivity index (χ0) is 14.6. The molecule has 1 aromatic carbocycles. The second-order valence-electron chi connectivity index (χ2n) is 5.76. The smallest absolute Gasteiger partial charge is 0.230 e. The Bertz CT molecular complexity index is 431. The predicted octanol–water partition coefficient (Wildman–Crippen LogP) is 3.12. The second-order valence-corrected chi connectivity index (χ2v) is 5.76. The van der Waals surface area contributed by atoms with Crippen LogP contribution in [0.25, 0.3) is 0 Å². The number of carbonyl (C=O) groups excluding carboxylic acids is 1. The molecule has 0 radical (unpaired) electrons. The van der Waals surface area contributed by atoms with Crippen LogP contribution >= 0.6 is 0 Å². The van der Waals surface area contributed by atoms with Gasteiger partial charge in [0.15, 0.2) is 0 Å². The van der Waals surface area contributed by atoms with Gasteiger partial charge in [-0.25, -0.2) is 0 Å². The Hall–Kier alpha value is -1.35. The highest BCUT2D eigenvalue weighted by atomic mass is 16.2. The number of amides is 1. The molecule has 1 unspecified atom stereocenters. The van der Waals surface area contributed by atoms with E-state index in [2.05, 4.69) is 30.9 Å². The number of nitrogens with zero attached hydrogens (tertiary/aromatic N) is 1. The molecule has 0 saturated carbocycles. The Morgan fingerprint density at radius 2 is 1.95 bits per heavy atom. The quantitative estimate of drug-likeness (QED) is 0.896. The monoisotopic (exact) mass is 274 g/mol. The van der Waals surface area contributed by atoms with E-state index in [1.807, 2.05) is 18.2 Å². The van der Waals surface area contributed by atoms with E-state index in [1.54, 1.807) is 0 Å². The van der Waals surface area contributed by atoms with E-state index in [1.165, 1.54) is 5.56 Å². The Balaban J connectivity index is 2.25. The molecule has 3 nitrogen and oxygen atoms in total. The van der Waals surface area contributed by atoms with Gasteiger partial charge in [-0.1, -0.05) is 44.2 Å². The molecule has 110 valence electrons. The SMILES string of the molecule is CCC(CC)(CN)C(=O)N1CCCC1c1ccccc1. The molecule has 1 atom stereocenters. The van der Waals surface area contributed by atoms with Crippen LogP contribution in [0.15, 0.2) is 30.3 Å². The molecule has 2 rings (SSSR count). The lowest BCUT2D eigenvalue weighted by atomic mass is 9.80. The fourth-order valence-corrected chi connectivity index (χ4v) is 3.26. The van der Waals surface area contributed by atoms with Crippen molar-refractivity contribution < 1.29 is 4.79 Å². The van der Waals surface area contributed by atoms with Gasteiger partial charge in [-0.2, -0.15) is 0 Å². The first-order chi connectivity index (χ1) is 9.68. The molecule has 1 fully saturated rings. The normalized spacial score (nSPS) is 19.4. The molecular formula is C17H26N2O. The molecule has 1 saturated heterocycles. The van der Waals surface area contributed by atoms with Gasteiger partial charge in [-0.3, -0.25) is 4.79 Å². The van der Waals surface area contributed by atoms with Crippen LogP contribution in [0.4, 0.5) is 0 Å². The molecule has 1 aliphatic heterocycles. The molecule has 20 heavy (non-hydrogen) atoms. The molecule has 0 spiro atoms. The lowest BCUT2D eigenvalue weighted by Gasteiger charge is -2.36. The molecule has 1 aliphatic rings. The minimum absolute atomic E-state index is 0.229. The maximum atomic E-state index is 13.0. The van der Waals surface area contributed by atoms with Gasteiger partial charge in [0.2, 0.25) is 5.91 Å². The van der Waals surface area contributed by atoms with Crippen molar-refractivity contribution in [2.24, 2.45) is 11.1 Å². The highest BCUT2D eigenvalue weighted by Crippen LogP contribution is 2.37. The van der Waals surface area contributed by atoms with Gasteiger partial charge in [0, 0.05) is 13.1 Å². The first kappa shape index (κ1) is 15.0. The average Bonchev–Trinajstić information content (AvgIpc) is 2.99. The lowest BCUT2D eigenvalue weighted by Crippen LogP contribution is -2.47. The summed E-state index contributed by atoms with van der Waals surface area (Å²) in [5.74, 6) is 0.247. The molecule has 2 N–H and O–H groups in total. The van der Waals surface area contributed by atoms with Crippen LogP contribution in [0.5, 0.6) is 0 Å². The lowest BCUT2D eigenvalue weighted by molar-refractivity contribution is -0.143. The van der Waals surface area contributed by atoms with Crippen LogP contribution in [-0.2, 0) is 4.79 Å². The Labute approximate surface area is 122 Å². The van der Waals surface area contributed by atoms with Crippen LogP contribution in [0.3, 0.4) is 0 Å². The van der Waals surface area contributed by atoms with Crippen molar-refractivity contribution >= 4 is 5.91 Å². The summed E-state index contributed by atoms with van der Waals surface area (Å²) in [5, 5.41) is 0. The predicted molar refractivity (Wildman–Crippen MR) is 82.2 cm³/mol. The molecule has 0 aromatic heterocycles. The molecule has 0 aliphatic carbocycles. The third-order valence-electron chi connectivity index (χ3n) is 4.90. The second kappa shape index (κ2) is 6.40. The number of carbonyl (C=O) groups is 1. The molecular weight excluding hydrogens is 248 g/mol. The van der Waals surface area contributed by atoms with Gasteiger partial charge in [0.05, 0.1) is 11.5 Å². The average molecular weight is 274 g/mol. The number of hydrogen-bond donors (Lipinski definition) is 1. The van der Waals surface area contributed by atoms with E-state index in [0.29, 0.717) is 6.54 Å². The van der Waals surface area contributed by atoms with E-state index < -0.39 is 0 Å². The zero-order valence-corrected chi connectivity index (χ0v) is 12.6. The van der Waals surface area contributed by atoms with Crippen molar-refractivity contribution in [2.75, 3.05) is 13.1 Å². The van der Waals surface area contributed by atoms with Crippen molar-refractivity contribution in [1.82, 2.24) is 4.90 Å². The number of hydrogen-bond acceptors (Lipinski definition) is 2.